The number of hydrogen-bond donors (Lipinski definition) is 1. The Morgan fingerprint density at radius 3 is 2.35 bits per heavy atom. The van der Waals surface area contributed by atoms with Gasteiger partial charge in [-0.05, 0) is 62.0 Å². The molecular formula is C16H19Br2NS. The summed E-state index contributed by atoms with van der Waals surface area (Å²) in [6.45, 7) is 5.39. The van der Waals surface area contributed by atoms with Crippen molar-refractivity contribution in [2.45, 2.75) is 32.2 Å². The Balaban J connectivity index is 2.38. The largest absolute Gasteiger partial charge is 0.310 e. The molecule has 0 aliphatic heterocycles. The summed E-state index contributed by atoms with van der Waals surface area (Å²) in [5.74, 6) is 0.481. The lowest BCUT2D eigenvalue weighted by molar-refractivity contribution is 0.445. The van der Waals surface area contributed by atoms with Crippen molar-refractivity contribution in [3.8, 4) is 0 Å². The first kappa shape index (κ1) is 16.2. The van der Waals surface area contributed by atoms with Crippen LogP contribution in [0.15, 0.2) is 44.0 Å². The van der Waals surface area contributed by atoms with Crippen LogP contribution < -0.4 is 5.32 Å². The molecule has 2 rings (SSSR count). The van der Waals surface area contributed by atoms with Gasteiger partial charge in [0.25, 0.3) is 0 Å². The minimum absolute atomic E-state index is 0.337. The van der Waals surface area contributed by atoms with Crippen molar-refractivity contribution in [1.82, 2.24) is 5.32 Å². The zero-order valence-corrected chi connectivity index (χ0v) is 15.7. The van der Waals surface area contributed by atoms with Gasteiger partial charge >= 0.3 is 0 Å². The lowest BCUT2D eigenvalue weighted by Crippen LogP contribution is -2.26. The Kier molecular flexibility index (Phi) is 6.27. The van der Waals surface area contributed by atoms with Crippen LogP contribution in [0.4, 0.5) is 0 Å². The summed E-state index contributed by atoms with van der Waals surface area (Å²) in [6, 6.07) is 13.4. The van der Waals surface area contributed by atoms with Crippen LogP contribution in [-0.4, -0.2) is 6.54 Å². The van der Waals surface area contributed by atoms with Gasteiger partial charge in [-0.25, -0.2) is 0 Å². The van der Waals surface area contributed by atoms with Gasteiger partial charge in [-0.3, -0.25) is 0 Å². The molecule has 1 heterocycles. The molecule has 0 radical (unpaired) electrons. The molecule has 0 aliphatic rings. The maximum Gasteiger partial charge on any atom is 0.0758 e. The SMILES string of the molecule is CCNC(c1cc(Br)sc1Br)C(CC)c1ccccc1. The Bertz CT molecular complexity index is 539. The molecule has 1 nitrogen and oxygen atoms in total. The number of halogens is 2. The lowest BCUT2D eigenvalue weighted by Gasteiger charge is -2.27. The summed E-state index contributed by atoms with van der Waals surface area (Å²) in [5, 5.41) is 3.66. The minimum atomic E-state index is 0.337. The summed E-state index contributed by atoms with van der Waals surface area (Å²) in [4.78, 5) is 0. The van der Waals surface area contributed by atoms with Crippen molar-refractivity contribution in [3.63, 3.8) is 0 Å². The van der Waals surface area contributed by atoms with E-state index < -0.39 is 0 Å². The summed E-state index contributed by atoms with van der Waals surface area (Å²) in [6.07, 6.45) is 1.11. The number of rotatable bonds is 6. The fraction of sp³-hybridized carbons (Fsp3) is 0.375. The molecule has 0 spiro atoms. The molecule has 0 fully saturated rings. The van der Waals surface area contributed by atoms with E-state index in [2.05, 4.69) is 87.4 Å². The standard InChI is InChI=1S/C16H19Br2NS/c1-3-12(11-8-6-5-7-9-11)15(19-4-2)13-10-14(17)20-16(13)18/h5-10,12,15,19H,3-4H2,1-2H3. The summed E-state index contributed by atoms with van der Waals surface area (Å²) in [5.41, 5.74) is 2.75. The van der Waals surface area contributed by atoms with Crippen LogP contribution in [0.2, 0.25) is 0 Å². The second-order valence-electron chi connectivity index (χ2n) is 4.74. The zero-order chi connectivity index (χ0) is 14.5. The third-order valence-electron chi connectivity index (χ3n) is 3.51. The average Bonchev–Trinajstić information content (AvgIpc) is 2.78. The number of hydrogen-bond acceptors (Lipinski definition) is 2. The number of likely N-dealkylation sites (N-methyl/N-ethyl adjacent to an activating group) is 1. The van der Waals surface area contributed by atoms with Gasteiger partial charge in [-0.1, -0.05) is 44.2 Å². The molecule has 0 amide bonds. The second kappa shape index (κ2) is 7.74. The smallest absolute Gasteiger partial charge is 0.0758 e. The molecule has 0 aliphatic carbocycles. The Morgan fingerprint density at radius 2 is 1.85 bits per heavy atom. The summed E-state index contributed by atoms with van der Waals surface area (Å²) >= 11 is 9.04. The Hall–Kier alpha value is -0.160. The van der Waals surface area contributed by atoms with Gasteiger partial charge in [0, 0.05) is 12.0 Å². The first-order chi connectivity index (χ1) is 9.67. The van der Waals surface area contributed by atoms with Crippen molar-refractivity contribution < 1.29 is 0 Å². The van der Waals surface area contributed by atoms with Gasteiger partial charge in [0.2, 0.25) is 0 Å². The Morgan fingerprint density at radius 1 is 1.15 bits per heavy atom. The van der Waals surface area contributed by atoms with Crippen molar-refractivity contribution in [3.05, 3.63) is 55.1 Å². The van der Waals surface area contributed by atoms with Crippen LogP contribution in [0.5, 0.6) is 0 Å². The maximum absolute atomic E-state index is 3.71. The van der Waals surface area contributed by atoms with Crippen LogP contribution in [0.3, 0.4) is 0 Å². The van der Waals surface area contributed by atoms with Gasteiger partial charge in [0.05, 0.1) is 7.57 Å². The second-order valence-corrected chi connectivity index (χ2v) is 8.49. The number of benzene rings is 1. The highest BCUT2D eigenvalue weighted by atomic mass is 79.9. The fourth-order valence-electron chi connectivity index (χ4n) is 2.62. The predicted octanol–water partition coefficient (Wildman–Crippen LogP) is 6.12. The van der Waals surface area contributed by atoms with E-state index in [1.807, 2.05) is 0 Å². The molecule has 0 saturated heterocycles. The monoisotopic (exact) mass is 415 g/mol. The molecule has 2 atom stereocenters. The van der Waals surface area contributed by atoms with Gasteiger partial charge in [0.15, 0.2) is 0 Å². The molecule has 2 unspecified atom stereocenters. The normalized spacial score (nSPS) is 14.2. The van der Waals surface area contributed by atoms with Crippen LogP contribution in [0.1, 0.15) is 43.4 Å². The van der Waals surface area contributed by atoms with Crippen molar-refractivity contribution >= 4 is 43.2 Å². The molecule has 4 heteroatoms. The van der Waals surface area contributed by atoms with E-state index in [0.29, 0.717) is 12.0 Å². The fourth-order valence-corrected chi connectivity index (χ4v) is 5.55. The van der Waals surface area contributed by atoms with Crippen LogP contribution >= 0.6 is 43.2 Å². The van der Waals surface area contributed by atoms with E-state index >= 15 is 0 Å². The lowest BCUT2D eigenvalue weighted by atomic mass is 9.86. The quantitative estimate of drug-likeness (QED) is 0.598. The highest BCUT2D eigenvalue weighted by molar-refractivity contribution is 9.12. The van der Waals surface area contributed by atoms with Crippen LogP contribution in [0.25, 0.3) is 0 Å². The van der Waals surface area contributed by atoms with Crippen molar-refractivity contribution in [2.24, 2.45) is 0 Å². The maximum atomic E-state index is 3.71. The highest BCUT2D eigenvalue weighted by Crippen LogP contribution is 2.41. The van der Waals surface area contributed by atoms with Gasteiger partial charge in [-0.2, -0.15) is 0 Å². The van der Waals surface area contributed by atoms with E-state index in [1.165, 1.54) is 18.7 Å². The third kappa shape index (κ3) is 3.73. The van der Waals surface area contributed by atoms with Crippen LogP contribution in [0, 0.1) is 0 Å². The third-order valence-corrected chi connectivity index (χ3v) is 5.90. The van der Waals surface area contributed by atoms with E-state index in [-0.39, 0.29) is 0 Å². The van der Waals surface area contributed by atoms with E-state index in [9.17, 15) is 0 Å². The van der Waals surface area contributed by atoms with Crippen molar-refractivity contribution in [2.75, 3.05) is 6.54 Å². The van der Waals surface area contributed by atoms with Gasteiger partial charge in [-0.15, -0.1) is 11.3 Å². The minimum Gasteiger partial charge on any atom is -0.310 e. The topological polar surface area (TPSA) is 12.0 Å². The first-order valence-corrected chi connectivity index (χ1v) is 9.30. The van der Waals surface area contributed by atoms with Crippen molar-refractivity contribution in [1.29, 1.82) is 0 Å². The zero-order valence-electron chi connectivity index (χ0n) is 11.7. The van der Waals surface area contributed by atoms with E-state index in [1.54, 1.807) is 11.3 Å². The summed E-state index contributed by atoms with van der Waals surface area (Å²) < 4.78 is 2.38. The van der Waals surface area contributed by atoms with Crippen LogP contribution in [-0.2, 0) is 0 Å². The molecule has 108 valence electrons. The number of nitrogens with one attached hydrogen (secondary N) is 1. The molecular weight excluding hydrogens is 398 g/mol. The first-order valence-electron chi connectivity index (χ1n) is 6.90. The summed E-state index contributed by atoms with van der Waals surface area (Å²) in [7, 11) is 0. The predicted molar refractivity (Wildman–Crippen MR) is 95.6 cm³/mol. The molecule has 0 saturated carbocycles. The number of thiophene rings is 1. The molecule has 1 aromatic heterocycles. The van der Waals surface area contributed by atoms with E-state index in [0.717, 1.165) is 13.0 Å². The highest BCUT2D eigenvalue weighted by Gasteiger charge is 2.25. The van der Waals surface area contributed by atoms with Gasteiger partial charge in [0.1, 0.15) is 0 Å². The molecule has 20 heavy (non-hydrogen) atoms. The molecule has 2 aromatic rings. The Labute approximate surface area is 142 Å². The molecule has 1 aromatic carbocycles. The average molecular weight is 417 g/mol. The molecule has 1 N–H and O–H groups in total. The van der Waals surface area contributed by atoms with Gasteiger partial charge < -0.3 is 5.32 Å². The molecule has 0 bridgehead atoms. The van der Waals surface area contributed by atoms with E-state index in [4.69, 9.17) is 0 Å².